The second-order valence-electron chi connectivity index (χ2n) is 3.63. The first-order chi connectivity index (χ1) is 8.39. The quantitative estimate of drug-likeness (QED) is 0.793. The monoisotopic (exact) mass is 256 g/mol. The van der Waals surface area contributed by atoms with Crippen molar-refractivity contribution in [3.63, 3.8) is 0 Å². The molecular weight excluding hydrogens is 248 g/mol. The van der Waals surface area contributed by atoms with Crippen LogP contribution in [-0.4, -0.2) is 4.98 Å². The highest BCUT2D eigenvalue weighted by atomic mass is 19.4. The minimum atomic E-state index is -4.67. The number of halogens is 4. The Morgan fingerprint density at radius 2 is 1.83 bits per heavy atom. The lowest BCUT2D eigenvalue weighted by Crippen LogP contribution is -2.09. The number of nitrogen functional groups attached to an aromatic ring is 1. The van der Waals surface area contributed by atoms with Gasteiger partial charge in [0.15, 0.2) is 0 Å². The normalized spacial score (nSPS) is 11.6. The van der Waals surface area contributed by atoms with Crippen LogP contribution in [0, 0.1) is 5.82 Å². The van der Waals surface area contributed by atoms with E-state index in [-0.39, 0.29) is 16.9 Å². The fourth-order valence-corrected chi connectivity index (χ4v) is 1.60. The molecule has 0 aliphatic heterocycles. The number of rotatable bonds is 1. The van der Waals surface area contributed by atoms with Gasteiger partial charge in [-0.05, 0) is 30.3 Å². The van der Waals surface area contributed by atoms with Crippen molar-refractivity contribution >= 4 is 5.69 Å². The van der Waals surface area contributed by atoms with Crippen LogP contribution in [0.2, 0.25) is 0 Å². The Kier molecular flexibility index (Phi) is 2.94. The van der Waals surface area contributed by atoms with Gasteiger partial charge in [-0.25, -0.2) is 4.39 Å². The molecule has 0 amide bonds. The third kappa shape index (κ3) is 2.27. The summed E-state index contributed by atoms with van der Waals surface area (Å²) < 4.78 is 51.4. The zero-order chi connectivity index (χ0) is 13.3. The Bertz CT molecular complexity index is 579. The second-order valence-corrected chi connectivity index (χ2v) is 3.63. The zero-order valence-electron chi connectivity index (χ0n) is 9.00. The maximum absolute atomic E-state index is 12.9. The molecule has 0 saturated heterocycles. The van der Waals surface area contributed by atoms with Crippen molar-refractivity contribution in [3.8, 4) is 11.3 Å². The minimum absolute atomic E-state index is 0.00942. The summed E-state index contributed by atoms with van der Waals surface area (Å²) in [4.78, 5) is 3.80. The standard InChI is InChI=1S/C12H8F4N2/c13-7-3-4-8(9(6-7)12(14,15)16)11-10(17)2-1-5-18-11/h1-6H,17H2. The summed E-state index contributed by atoms with van der Waals surface area (Å²) >= 11 is 0. The van der Waals surface area contributed by atoms with E-state index in [4.69, 9.17) is 5.73 Å². The third-order valence-electron chi connectivity index (χ3n) is 2.38. The molecule has 1 aromatic carbocycles. The first-order valence-electron chi connectivity index (χ1n) is 4.97. The van der Waals surface area contributed by atoms with E-state index in [9.17, 15) is 17.6 Å². The summed E-state index contributed by atoms with van der Waals surface area (Å²) in [7, 11) is 0. The number of benzene rings is 1. The number of hydrogen-bond acceptors (Lipinski definition) is 2. The molecule has 2 N–H and O–H groups in total. The average molecular weight is 256 g/mol. The van der Waals surface area contributed by atoms with Gasteiger partial charge >= 0.3 is 6.18 Å². The van der Waals surface area contributed by atoms with Crippen LogP contribution >= 0.6 is 0 Å². The molecule has 6 heteroatoms. The molecule has 0 spiro atoms. The zero-order valence-corrected chi connectivity index (χ0v) is 9.00. The van der Waals surface area contributed by atoms with Gasteiger partial charge in [-0.15, -0.1) is 0 Å². The Labute approximate surface area is 100 Å². The number of pyridine rings is 1. The van der Waals surface area contributed by atoms with Gasteiger partial charge in [0.2, 0.25) is 0 Å². The van der Waals surface area contributed by atoms with Crippen molar-refractivity contribution in [1.29, 1.82) is 0 Å². The highest BCUT2D eigenvalue weighted by Crippen LogP contribution is 2.38. The molecule has 18 heavy (non-hydrogen) atoms. The largest absolute Gasteiger partial charge is 0.417 e. The smallest absolute Gasteiger partial charge is 0.397 e. The molecule has 94 valence electrons. The summed E-state index contributed by atoms with van der Waals surface area (Å²) in [6.45, 7) is 0. The summed E-state index contributed by atoms with van der Waals surface area (Å²) in [6.07, 6.45) is -3.34. The van der Waals surface area contributed by atoms with Gasteiger partial charge in [0.25, 0.3) is 0 Å². The first-order valence-corrected chi connectivity index (χ1v) is 4.97. The molecule has 0 radical (unpaired) electrons. The molecule has 0 atom stereocenters. The van der Waals surface area contributed by atoms with Crippen LogP contribution in [-0.2, 0) is 6.18 Å². The van der Waals surface area contributed by atoms with Gasteiger partial charge < -0.3 is 5.73 Å². The Morgan fingerprint density at radius 1 is 1.11 bits per heavy atom. The van der Waals surface area contributed by atoms with Gasteiger partial charge in [0.1, 0.15) is 5.82 Å². The van der Waals surface area contributed by atoms with E-state index in [0.717, 1.165) is 12.1 Å². The van der Waals surface area contributed by atoms with Gasteiger partial charge in [0, 0.05) is 11.8 Å². The molecule has 0 saturated carbocycles. The van der Waals surface area contributed by atoms with Crippen molar-refractivity contribution in [2.75, 3.05) is 5.73 Å². The number of alkyl halides is 3. The highest BCUT2D eigenvalue weighted by Gasteiger charge is 2.34. The van der Waals surface area contributed by atoms with Gasteiger partial charge in [0.05, 0.1) is 16.9 Å². The molecule has 0 aliphatic rings. The molecule has 0 bridgehead atoms. The summed E-state index contributed by atoms with van der Waals surface area (Å²) in [5.41, 5.74) is 4.35. The summed E-state index contributed by atoms with van der Waals surface area (Å²) in [5, 5.41) is 0. The van der Waals surface area contributed by atoms with E-state index >= 15 is 0 Å². The van der Waals surface area contributed by atoms with Crippen LogP contribution < -0.4 is 5.73 Å². The fraction of sp³-hybridized carbons (Fsp3) is 0.0833. The van der Waals surface area contributed by atoms with Gasteiger partial charge in [-0.1, -0.05) is 0 Å². The van der Waals surface area contributed by atoms with E-state index in [0.29, 0.717) is 6.07 Å². The topological polar surface area (TPSA) is 38.9 Å². The maximum Gasteiger partial charge on any atom is 0.417 e. The van der Waals surface area contributed by atoms with Crippen LogP contribution in [0.25, 0.3) is 11.3 Å². The van der Waals surface area contributed by atoms with E-state index in [1.807, 2.05) is 0 Å². The van der Waals surface area contributed by atoms with E-state index in [2.05, 4.69) is 4.98 Å². The molecule has 0 unspecified atom stereocenters. The average Bonchev–Trinajstić information content (AvgIpc) is 2.29. The first kappa shape index (κ1) is 12.3. The number of nitrogens with two attached hydrogens (primary N) is 1. The molecule has 0 fully saturated rings. The van der Waals surface area contributed by atoms with Crippen LogP contribution in [0.1, 0.15) is 5.56 Å². The van der Waals surface area contributed by atoms with E-state index < -0.39 is 17.6 Å². The van der Waals surface area contributed by atoms with E-state index in [1.165, 1.54) is 18.3 Å². The number of aromatic nitrogens is 1. The highest BCUT2D eigenvalue weighted by molar-refractivity contribution is 5.75. The Morgan fingerprint density at radius 3 is 2.44 bits per heavy atom. The summed E-state index contributed by atoms with van der Waals surface area (Å²) in [6, 6.07) is 5.35. The molecule has 1 heterocycles. The molecule has 0 aliphatic carbocycles. The van der Waals surface area contributed by atoms with Crippen molar-refractivity contribution < 1.29 is 17.6 Å². The van der Waals surface area contributed by atoms with Crippen LogP contribution in [0.15, 0.2) is 36.5 Å². The Hall–Kier alpha value is -2.11. The fourth-order valence-electron chi connectivity index (χ4n) is 1.60. The number of nitrogens with zero attached hydrogens (tertiary/aromatic N) is 1. The molecular formula is C12H8F4N2. The minimum Gasteiger partial charge on any atom is -0.397 e. The van der Waals surface area contributed by atoms with Crippen LogP contribution in [0.4, 0.5) is 23.2 Å². The SMILES string of the molecule is Nc1cccnc1-c1ccc(F)cc1C(F)(F)F. The number of hydrogen-bond donors (Lipinski definition) is 1. The lowest BCUT2D eigenvalue weighted by Gasteiger charge is -2.13. The maximum atomic E-state index is 12.9. The molecule has 2 rings (SSSR count). The van der Waals surface area contributed by atoms with Crippen LogP contribution in [0.3, 0.4) is 0 Å². The van der Waals surface area contributed by atoms with Crippen molar-refractivity contribution in [1.82, 2.24) is 4.98 Å². The molecule has 2 aromatic rings. The van der Waals surface area contributed by atoms with Crippen molar-refractivity contribution in [2.45, 2.75) is 6.18 Å². The van der Waals surface area contributed by atoms with Crippen LogP contribution in [0.5, 0.6) is 0 Å². The predicted octanol–water partition coefficient (Wildman–Crippen LogP) is 3.49. The summed E-state index contributed by atoms with van der Waals surface area (Å²) in [5.74, 6) is -0.958. The van der Waals surface area contributed by atoms with Crippen molar-refractivity contribution in [3.05, 3.63) is 47.9 Å². The van der Waals surface area contributed by atoms with E-state index in [1.54, 1.807) is 0 Å². The lowest BCUT2D eigenvalue weighted by molar-refractivity contribution is -0.137. The third-order valence-corrected chi connectivity index (χ3v) is 2.38. The Balaban J connectivity index is 2.69. The van der Waals surface area contributed by atoms with Crippen molar-refractivity contribution in [2.24, 2.45) is 0 Å². The number of anilines is 1. The van der Waals surface area contributed by atoms with Gasteiger partial charge in [-0.2, -0.15) is 13.2 Å². The second kappa shape index (κ2) is 4.29. The molecule has 2 nitrogen and oxygen atoms in total. The lowest BCUT2D eigenvalue weighted by atomic mass is 10.0. The van der Waals surface area contributed by atoms with Gasteiger partial charge in [-0.3, -0.25) is 4.98 Å². The predicted molar refractivity (Wildman–Crippen MR) is 59.0 cm³/mol. The molecule has 1 aromatic heterocycles.